The van der Waals surface area contributed by atoms with Gasteiger partial charge in [-0.2, -0.15) is 0 Å². The summed E-state index contributed by atoms with van der Waals surface area (Å²) < 4.78 is 70.9. The number of nitrogens with one attached hydrogen (secondary N) is 9. The Bertz CT molecular complexity index is 2580. The molecule has 0 radical (unpaired) electrons. The molecule has 68 heavy (non-hydrogen) atoms. The van der Waals surface area contributed by atoms with Crippen molar-refractivity contribution in [3.63, 3.8) is 0 Å². The number of carbonyl (C=O) groups is 4. The first kappa shape index (κ1) is 54.9. The number of sulfonamides is 2. The summed E-state index contributed by atoms with van der Waals surface area (Å²) in [5, 5.41) is 39.1. The largest absolute Gasteiger partial charge is 0.487 e. The molecule has 378 valence electrons. The number of guanidine groups is 2. The van der Waals surface area contributed by atoms with E-state index in [0.717, 1.165) is 11.1 Å². The minimum absolute atomic E-state index is 0.00352. The third-order valence-corrected chi connectivity index (χ3v) is 15.5. The Morgan fingerprint density at radius 3 is 1.46 bits per heavy atom. The van der Waals surface area contributed by atoms with Crippen molar-refractivity contribution in [2.45, 2.75) is 161 Å². The summed E-state index contributed by atoms with van der Waals surface area (Å²) in [6.07, 6.45) is 1.12. The zero-order valence-electron chi connectivity index (χ0n) is 41.1. The fourth-order valence-corrected chi connectivity index (χ4v) is 11.5. The van der Waals surface area contributed by atoms with Crippen LogP contribution in [0.3, 0.4) is 0 Å². The van der Waals surface area contributed by atoms with Crippen molar-refractivity contribution in [2.75, 3.05) is 19.6 Å². The smallest absolute Gasteiger partial charge is 0.326 e. The summed E-state index contributed by atoms with van der Waals surface area (Å²) in [6, 6.07) is -3.59. The summed E-state index contributed by atoms with van der Waals surface area (Å²) in [7, 11) is -8.40. The maximum absolute atomic E-state index is 13.6. The first-order chi connectivity index (χ1) is 31.3. The highest BCUT2D eigenvalue weighted by molar-refractivity contribution is 7.90. The summed E-state index contributed by atoms with van der Waals surface area (Å²) >= 11 is 0. The Morgan fingerprint density at radius 1 is 0.647 bits per heavy atom. The number of rotatable bonds is 20. The molecule has 2 aliphatic heterocycles. The molecule has 0 saturated heterocycles. The highest BCUT2D eigenvalue weighted by atomic mass is 32.2. The molecule has 0 saturated carbocycles. The van der Waals surface area contributed by atoms with Crippen molar-refractivity contribution >= 4 is 55.7 Å². The number of ether oxygens (including phenoxy) is 2. The molecule has 0 aromatic heterocycles. The van der Waals surface area contributed by atoms with E-state index in [1.165, 1.54) is 0 Å². The predicted octanol–water partition coefficient (Wildman–Crippen LogP) is 1.98. The minimum atomic E-state index is -4.20. The highest BCUT2D eigenvalue weighted by Gasteiger charge is 2.38. The zero-order chi connectivity index (χ0) is 51.4. The first-order valence-corrected chi connectivity index (χ1v) is 25.5. The molecule has 0 spiro atoms. The van der Waals surface area contributed by atoms with Crippen LogP contribution in [0.15, 0.2) is 9.79 Å². The predicted molar refractivity (Wildman–Crippen MR) is 256 cm³/mol. The van der Waals surface area contributed by atoms with Gasteiger partial charge >= 0.3 is 5.97 Å². The van der Waals surface area contributed by atoms with E-state index in [0.29, 0.717) is 57.7 Å². The van der Waals surface area contributed by atoms with Crippen LogP contribution >= 0.6 is 0 Å². The quantitative estimate of drug-likeness (QED) is 0.0514. The number of amides is 3. The average molecular weight is 991 g/mol. The molecule has 21 nitrogen and oxygen atoms in total. The molecule has 23 heteroatoms. The Kier molecular flexibility index (Phi) is 17.2. The SMILES string of the molecule is Cc1c(C)c(S(=O)(=O)NC(=N)NCCC[C@H](NC(=O)CNC(=O)[C@H](CCCNC(=N)NS(=O)(=O)c2c(C)c(C)c3c(c2C)CC(C)(C)O3)NC(=O)[C@@H](N)C(C)C)C(=O)O)c(C)c2c1OC(C)(C)C2. The van der Waals surface area contributed by atoms with Gasteiger partial charge < -0.3 is 46.9 Å². The Hall–Kier alpha value is -5.68. The maximum atomic E-state index is 13.6. The van der Waals surface area contributed by atoms with Gasteiger partial charge in [-0.05, 0) is 134 Å². The van der Waals surface area contributed by atoms with Crippen molar-refractivity contribution in [1.82, 2.24) is 36.0 Å². The first-order valence-electron chi connectivity index (χ1n) is 22.5. The van der Waals surface area contributed by atoms with Crippen LogP contribution in [0.1, 0.15) is 112 Å². The van der Waals surface area contributed by atoms with E-state index in [9.17, 15) is 41.1 Å². The van der Waals surface area contributed by atoms with Crippen LogP contribution in [-0.4, -0.2) is 107 Å². The molecule has 0 unspecified atom stereocenters. The Balaban J connectivity index is 1.28. The fourth-order valence-electron chi connectivity index (χ4n) is 8.41. The number of aliphatic carboxylic acids is 1. The second-order valence-corrected chi connectivity index (χ2v) is 22.4. The third-order valence-electron chi connectivity index (χ3n) is 12.2. The number of carboxylic acids is 1. The summed E-state index contributed by atoms with van der Waals surface area (Å²) in [4.78, 5) is 51.4. The molecule has 0 aliphatic carbocycles. The number of benzene rings is 2. The summed E-state index contributed by atoms with van der Waals surface area (Å²) in [6.45, 7) is 20.8. The van der Waals surface area contributed by atoms with E-state index >= 15 is 0 Å². The Labute approximate surface area is 399 Å². The lowest BCUT2D eigenvalue weighted by molar-refractivity contribution is -0.142. The van der Waals surface area contributed by atoms with Gasteiger partial charge in [0.1, 0.15) is 34.8 Å². The van der Waals surface area contributed by atoms with E-state index in [1.54, 1.807) is 55.4 Å². The lowest BCUT2D eigenvalue weighted by Gasteiger charge is -2.22. The van der Waals surface area contributed by atoms with E-state index in [-0.39, 0.29) is 54.5 Å². The lowest BCUT2D eigenvalue weighted by Crippen LogP contribution is -2.54. The topological polar surface area (TPSA) is 333 Å². The second-order valence-electron chi connectivity index (χ2n) is 19.2. The summed E-state index contributed by atoms with van der Waals surface area (Å²) in [5.74, 6) is -3.63. The van der Waals surface area contributed by atoms with Crippen LogP contribution in [0.4, 0.5) is 0 Å². The molecule has 2 heterocycles. The van der Waals surface area contributed by atoms with E-state index in [4.69, 9.17) is 26.0 Å². The normalized spacial score (nSPS) is 15.9. The maximum Gasteiger partial charge on any atom is 0.326 e. The van der Waals surface area contributed by atoms with Gasteiger partial charge in [-0.25, -0.2) is 31.1 Å². The molecule has 2 aromatic rings. The molecule has 0 bridgehead atoms. The van der Waals surface area contributed by atoms with Crippen LogP contribution in [0.2, 0.25) is 0 Å². The highest BCUT2D eigenvalue weighted by Crippen LogP contribution is 2.45. The van der Waals surface area contributed by atoms with Crippen LogP contribution in [0, 0.1) is 58.3 Å². The minimum Gasteiger partial charge on any atom is -0.487 e. The van der Waals surface area contributed by atoms with Crippen LogP contribution < -0.4 is 51.2 Å². The van der Waals surface area contributed by atoms with E-state index in [2.05, 4.69) is 36.0 Å². The number of fused-ring (bicyclic) bond motifs is 2. The number of carboxylic acid groups (broad SMARTS) is 1. The molecule has 3 amide bonds. The molecule has 3 atom stereocenters. The van der Waals surface area contributed by atoms with Gasteiger partial charge in [-0.3, -0.25) is 25.2 Å². The molecule has 4 rings (SSSR count). The van der Waals surface area contributed by atoms with Crippen molar-refractivity contribution < 1.29 is 50.6 Å². The monoisotopic (exact) mass is 990 g/mol. The number of hydrogen-bond acceptors (Lipinski definition) is 13. The molecule has 2 aliphatic rings. The summed E-state index contributed by atoms with van der Waals surface area (Å²) in [5.41, 5.74) is 10.0. The van der Waals surface area contributed by atoms with E-state index < -0.39 is 91.5 Å². The van der Waals surface area contributed by atoms with Crippen molar-refractivity contribution in [3.05, 3.63) is 44.5 Å². The molecule has 0 fully saturated rings. The number of carbonyl (C=O) groups excluding carboxylic acids is 3. The molecule has 12 N–H and O–H groups in total. The van der Waals surface area contributed by atoms with Gasteiger partial charge in [-0.15, -0.1) is 0 Å². The van der Waals surface area contributed by atoms with Crippen LogP contribution in [-0.2, 0) is 52.1 Å². The number of nitrogens with two attached hydrogens (primary N) is 1. The van der Waals surface area contributed by atoms with Crippen molar-refractivity contribution in [2.24, 2.45) is 11.7 Å². The van der Waals surface area contributed by atoms with Gasteiger partial charge in [0.15, 0.2) is 0 Å². The number of hydrogen-bond donors (Lipinski definition) is 11. The van der Waals surface area contributed by atoms with Crippen LogP contribution in [0.5, 0.6) is 11.5 Å². The third kappa shape index (κ3) is 13.1. The lowest BCUT2D eigenvalue weighted by atomic mass is 9.94. The van der Waals surface area contributed by atoms with Gasteiger partial charge in [0.25, 0.3) is 20.0 Å². The molecular formula is C45H70N10O11S2. The Morgan fingerprint density at radius 2 is 1.06 bits per heavy atom. The van der Waals surface area contributed by atoms with Crippen molar-refractivity contribution in [3.8, 4) is 11.5 Å². The van der Waals surface area contributed by atoms with Gasteiger partial charge in [0.05, 0.1) is 22.4 Å². The average Bonchev–Trinajstić information content (AvgIpc) is 3.74. The molecule has 2 aromatic carbocycles. The van der Waals surface area contributed by atoms with Crippen molar-refractivity contribution in [1.29, 1.82) is 10.8 Å². The zero-order valence-corrected chi connectivity index (χ0v) is 42.7. The van der Waals surface area contributed by atoms with Gasteiger partial charge in [-0.1, -0.05) is 13.8 Å². The van der Waals surface area contributed by atoms with Crippen LogP contribution in [0.25, 0.3) is 0 Å². The molecular weight excluding hydrogens is 921 g/mol. The van der Waals surface area contributed by atoms with E-state index in [1.807, 2.05) is 27.7 Å². The second kappa shape index (κ2) is 21.3. The fraction of sp³-hybridized carbons (Fsp3) is 0.600. The van der Waals surface area contributed by atoms with Gasteiger partial charge in [0, 0.05) is 37.1 Å². The standard InChI is InChI=1S/C45H70N10O11S2/c1-22(2)34(46)40(58)53-31(15-13-17-49-42(47)54-67(61,62)37-25(5)23(3)35-29(27(37)7)19-44(9,10)65-35)39(57)51-21-33(56)52-32(41(59)60)16-14-18-50-43(48)55-68(63,64)38-26(6)24(4)36-30(28(38)8)20-45(11,12)66-36/h22,31-32,34H,13-21,46H2,1-12H3,(H,51,57)(H,52,56)(H,53,58)(H,59,60)(H3,47,49,54)(H3,48,50,55)/t31-,32-,34-/m0/s1. The van der Waals surface area contributed by atoms with Gasteiger partial charge in [0.2, 0.25) is 29.6 Å².